The fourth-order valence-electron chi connectivity index (χ4n) is 4.03. The van der Waals surface area contributed by atoms with Crippen molar-refractivity contribution in [3.05, 3.63) is 77.9 Å². The Morgan fingerprint density at radius 3 is 2.46 bits per heavy atom. The van der Waals surface area contributed by atoms with Gasteiger partial charge in [0.1, 0.15) is 5.82 Å². The molecule has 1 aliphatic heterocycles. The number of nitrogens with zero attached hydrogens (tertiary/aromatic N) is 2. The third-order valence-electron chi connectivity index (χ3n) is 5.48. The lowest BCUT2D eigenvalue weighted by Crippen LogP contribution is -2.34. The molecule has 2 aromatic carbocycles. The molecular weight excluding hydrogens is 327 g/mol. The molecule has 1 saturated heterocycles. The number of aliphatic hydroxyl groups excluding tert-OH is 1. The van der Waals surface area contributed by atoms with Gasteiger partial charge in [0.25, 0.3) is 0 Å². The number of hydrogen-bond donors (Lipinski definition) is 1. The van der Waals surface area contributed by atoms with Crippen molar-refractivity contribution >= 4 is 10.9 Å². The maximum atomic E-state index is 13.2. The van der Waals surface area contributed by atoms with Crippen molar-refractivity contribution in [1.82, 2.24) is 9.47 Å². The number of likely N-dealkylation sites (tertiary alicyclic amines) is 1. The van der Waals surface area contributed by atoms with Crippen LogP contribution in [0.2, 0.25) is 0 Å². The number of rotatable bonds is 4. The van der Waals surface area contributed by atoms with E-state index in [0.29, 0.717) is 12.1 Å². The van der Waals surface area contributed by atoms with Crippen LogP contribution in [0.4, 0.5) is 4.39 Å². The lowest BCUT2D eigenvalue weighted by Gasteiger charge is -2.32. The van der Waals surface area contributed by atoms with Crippen molar-refractivity contribution in [2.75, 3.05) is 13.1 Å². The molecule has 1 aliphatic rings. The number of fused-ring (bicyclic) bond motifs is 1. The molecule has 0 atom stereocenters. The van der Waals surface area contributed by atoms with Crippen molar-refractivity contribution in [3.63, 3.8) is 0 Å². The summed E-state index contributed by atoms with van der Waals surface area (Å²) in [4.78, 5) is 2.05. The minimum Gasteiger partial charge on any atom is -0.371 e. The van der Waals surface area contributed by atoms with Crippen LogP contribution in [0.25, 0.3) is 10.9 Å². The lowest BCUT2D eigenvalue weighted by atomic mass is 9.89. The highest BCUT2D eigenvalue weighted by Gasteiger charge is 2.25. The Hall–Kier alpha value is -2.17. The second kappa shape index (κ2) is 7.22. The van der Waals surface area contributed by atoms with E-state index < -0.39 is 0 Å². The molecule has 0 aliphatic carbocycles. The first-order valence-corrected chi connectivity index (χ1v) is 9.21. The first-order chi connectivity index (χ1) is 12.6. The molecule has 4 rings (SSSR count). The number of para-hydroxylation sites is 1. The van der Waals surface area contributed by atoms with Crippen molar-refractivity contribution in [2.24, 2.45) is 0 Å². The zero-order valence-electron chi connectivity index (χ0n) is 15.0. The van der Waals surface area contributed by atoms with Crippen molar-refractivity contribution in [1.29, 1.82) is 0 Å². The maximum Gasteiger partial charge on any atom is 0.158 e. The van der Waals surface area contributed by atoms with E-state index in [0.717, 1.165) is 38.0 Å². The average molecular weight is 351 g/mol. The second-order valence-electron chi connectivity index (χ2n) is 7.16. The largest absolute Gasteiger partial charge is 0.371 e. The molecule has 0 bridgehead atoms. The van der Waals surface area contributed by atoms with Crippen LogP contribution in [-0.2, 0) is 6.54 Å². The first kappa shape index (κ1) is 17.3. The Bertz CT molecular complexity index is 877. The third kappa shape index (κ3) is 3.39. The molecule has 1 N–H and O–H groups in total. The second-order valence-corrected chi connectivity index (χ2v) is 7.16. The Labute approximate surface area is 153 Å². The van der Waals surface area contributed by atoms with Crippen molar-refractivity contribution in [3.8, 4) is 0 Å². The van der Waals surface area contributed by atoms with Crippen LogP contribution in [0.15, 0.2) is 54.7 Å². The highest BCUT2D eigenvalue weighted by atomic mass is 19.1. The minimum atomic E-state index is -0.199. The van der Waals surface area contributed by atoms with E-state index in [9.17, 15) is 9.50 Å². The van der Waals surface area contributed by atoms with Gasteiger partial charge in [-0.25, -0.2) is 4.39 Å². The van der Waals surface area contributed by atoms with E-state index in [1.54, 1.807) is 6.92 Å². The molecule has 0 amide bonds. The number of aromatic nitrogens is 1. The lowest BCUT2D eigenvalue weighted by molar-refractivity contribution is 0.0962. The fourth-order valence-corrected chi connectivity index (χ4v) is 4.03. The number of benzene rings is 2. The molecule has 0 spiro atoms. The van der Waals surface area contributed by atoms with Crippen LogP contribution in [0.3, 0.4) is 0 Å². The number of aliphatic hydroxyl groups is 1. The molecule has 0 saturated carbocycles. The summed E-state index contributed by atoms with van der Waals surface area (Å²) in [6.07, 6.45) is 4.77. The van der Waals surface area contributed by atoms with Gasteiger partial charge in [-0.2, -0.15) is 0 Å². The molecule has 2 heterocycles. The Morgan fingerprint density at radius 2 is 1.77 bits per heavy atom. The molecule has 3 aromatic rings. The Morgan fingerprint density at radius 1 is 1.08 bits per heavy atom. The molecule has 3 nitrogen and oxygen atoms in total. The summed E-state index contributed by atoms with van der Waals surface area (Å²) in [5, 5.41) is 11.0. The normalized spacial score (nSPS) is 16.6. The van der Waals surface area contributed by atoms with E-state index in [2.05, 4.69) is 35.0 Å². The van der Waals surface area contributed by atoms with Gasteiger partial charge in [0.2, 0.25) is 0 Å². The van der Waals surface area contributed by atoms with Crippen LogP contribution in [-0.4, -0.2) is 27.7 Å². The van der Waals surface area contributed by atoms with Gasteiger partial charge in [0.15, 0.2) is 6.23 Å². The zero-order chi connectivity index (χ0) is 18.1. The van der Waals surface area contributed by atoms with Gasteiger partial charge in [-0.15, -0.1) is 0 Å². The summed E-state index contributed by atoms with van der Waals surface area (Å²) in [5.74, 6) is 0.305. The van der Waals surface area contributed by atoms with Crippen LogP contribution < -0.4 is 0 Å². The highest BCUT2D eigenvalue weighted by molar-refractivity contribution is 5.84. The quantitative estimate of drug-likeness (QED) is 0.725. The number of hydrogen-bond acceptors (Lipinski definition) is 2. The summed E-state index contributed by atoms with van der Waals surface area (Å²) >= 11 is 0. The van der Waals surface area contributed by atoms with Crippen LogP contribution in [0.1, 0.15) is 36.8 Å². The van der Waals surface area contributed by atoms with Gasteiger partial charge >= 0.3 is 0 Å². The topological polar surface area (TPSA) is 28.4 Å². The molecule has 26 heavy (non-hydrogen) atoms. The van der Waals surface area contributed by atoms with Crippen LogP contribution >= 0.6 is 0 Å². The van der Waals surface area contributed by atoms with Crippen LogP contribution in [0, 0.1) is 12.0 Å². The molecular formula is C22H24FN2O. The average Bonchev–Trinajstić information content (AvgIpc) is 3.02. The zero-order valence-corrected chi connectivity index (χ0v) is 15.0. The summed E-state index contributed by atoms with van der Waals surface area (Å²) in [6.45, 7) is 4.28. The third-order valence-corrected chi connectivity index (χ3v) is 5.48. The molecule has 1 radical (unpaired) electrons. The molecule has 135 valence electrons. The maximum absolute atomic E-state index is 13.2. The predicted molar refractivity (Wildman–Crippen MR) is 102 cm³/mol. The summed E-state index contributed by atoms with van der Waals surface area (Å²) < 4.78 is 15.5. The standard InChI is InChI=1S/C22H24FN2O/c1-16(26)24-12-10-18(11-13-24)21-15-25(22-5-3-2-4-20(21)22)14-17-6-8-19(23)9-7-17/h2-9,15,18,26H,10-14H2,1H3. The SMILES string of the molecule is C[C](O)N1CCC(c2cn(Cc3ccc(F)cc3)c3ccccc23)CC1. The first-order valence-electron chi connectivity index (χ1n) is 9.21. The Balaban J connectivity index is 1.63. The van der Waals surface area contributed by atoms with Gasteiger partial charge in [0.05, 0.1) is 0 Å². The summed E-state index contributed by atoms with van der Waals surface area (Å²) in [5.41, 5.74) is 3.70. The minimum absolute atomic E-state index is 0.199. The predicted octanol–water partition coefficient (Wildman–Crippen LogP) is 4.89. The summed E-state index contributed by atoms with van der Waals surface area (Å²) in [7, 11) is 0. The van der Waals surface area contributed by atoms with E-state index in [1.165, 1.54) is 28.6 Å². The van der Waals surface area contributed by atoms with Gasteiger partial charge < -0.3 is 9.67 Å². The van der Waals surface area contributed by atoms with E-state index in [1.807, 2.05) is 17.0 Å². The molecule has 1 aromatic heterocycles. The molecule has 4 heteroatoms. The van der Waals surface area contributed by atoms with E-state index >= 15 is 0 Å². The molecule has 0 unspecified atom stereocenters. The number of halogens is 1. The van der Waals surface area contributed by atoms with Crippen molar-refractivity contribution < 1.29 is 9.50 Å². The van der Waals surface area contributed by atoms with Crippen molar-refractivity contribution in [2.45, 2.75) is 32.2 Å². The molecule has 1 fully saturated rings. The van der Waals surface area contributed by atoms with Gasteiger partial charge in [0, 0.05) is 36.7 Å². The van der Waals surface area contributed by atoms with Gasteiger partial charge in [-0.05, 0) is 55.0 Å². The van der Waals surface area contributed by atoms with E-state index in [4.69, 9.17) is 0 Å². The van der Waals surface area contributed by atoms with Gasteiger partial charge in [-0.1, -0.05) is 30.3 Å². The fraction of sp³-hybridized carbons (Fsp3) is 0.318. The highest BCUT2D eigenvalue weighted by Crippen LogP contribution is 2.35. The number of piperidine rings is 1. The monoisotopic (exact) mass is 351 g/mol. The van der Waals surface area contributed by atoms with Crippen LogP contribution in [0.5, 0.6) is 0 Å². The van der Waals surface area contributed by atoms with E-state index in [-0.39, 0.29) is 5.82 Å². The Kier molecular flexibility index (Phi) is 4.79. The van der Waals surface area contributed by atoms with Gasteiger partial charge in [-0.3, -0.25) is 4.90 Å². The smallest absolute Gasteiger partial charge is 0.158 e. The summed E-state index contributed by atoms with van der Waals surface area (Å²) in [6, 6.07) is 15.3.